The van der Waals surface area contributed by atoms with Gasteiger partial charge in [0.1, 0.15) is 5.82 Å². The molecule has 1 N–H and O–H groups in total. The fourth-order valence-corrected chi connectivity index (χ4v) is 1.98. The van der Waals surface area contributed by atoms with Crippen LogP contribution >= 0.6 is 0 Å². The van der Waals surface area contributed by atoms with Gasteiger partial charge in [-0.15, -0.1) is 0 Å². The summed E-state index contributed by atoms with van der Waals surface area (Å²) in [6, 6.07) is 1.75. The molecule has 1 aliphatic heterocycles. The van der Waals surface area contributed by atoms with Crippen LogP contribution in [0.15, 0.2) is 18.5 Å². The summed E-state index contributed by atoms with van der Waals surface area (Å²) in [4.78, 5) is 6.00. The van der Waals surface area contributed by atoms with E-state index in [1.807, 2.05) is 0 Å². The van der Waals surface area contributed by atoms with Gasteiger partial charge in [0, 0.05) is 25.3 Å². The number of halogens is 1. The molecule has 2 unspecified atom stereocenters. The summed E-state index contributed by atoms with van der Waals surface area (Å²) in [5, 5.41) is 9.08. The molecule has 0 amide bonds. The first-order valence-corrected chi connectivity index (χ1v) is 5.75. The Bertz CT molecular complexity index is 375. The molecule has 0 spiro atoms. The van der Waals surface area contributed by atoms with Gasteiger partial charge in [-0.1, -0.05) is 0 Å². The smallest absolute Gasteiger partial charge is 0.141 e. The number of hydrogen-bond acceptors (Lipinski definition) is 4. The first-order valence-electron chi connectivity index (χ1n) is 5.75. The summed E-state index contributed by atoms with van der Waals surface area (Å²) in [7, 11) is 0. The van der Waals surface area contributed by atoms with Crippen LogP contribution in [0, 0.1) is 5.82 Å². The van der Waals surface area contributed by atoms with Gasteiger partial charge in [0.15, 0.2) is 0 Å². The van der Waals surface area contributed by atoms with Crippen LogP contribution < -0.4 is 0 Å². The van der Waals surface area contributed by atoms with Crippen molar-refractivity contribution in [3.05, 3.63) is 29.8 Å². The summed E-state index contributed by atoms with van der Waals surface area (Å²) in [6.45, 7) is 3.96. The highest BCUT2D eigenvalue weighted by molar-refractivity contribution is 5.10. The van der Waals surface area contributed by atoms with Crippen molar-refractivity contribution >= 4 is 0 Å². The molecule has 0 aromatic carbocycles. The van der Waals surface area contributed by atoms with E-state index in [9.17, 15) is 4.39 Å². The molecule has 1 aliphatic rings. The Balaban J connectivity index is 2.01. The summed E-state index contributed by atoms with van der Waals surface area (Å²) in [5.74, 6) is -0.317. The topological polar surface area (TPSA) is 45.6 Å². The van der Waals surface area contributed by atoms with Crippen molar-refractivity contribution in [3.8, 4) is 0 Å². The number of aliphatic hydroxyl groups excluding tert-OH is 1. The number of nitrogens with zero attached hydrogens (tertiary/aromatic N) is 2. The molecule has 17 heavy (non-hydrogen) atoms. The summed E-state index contributed by atoms with van der Waals surface area (Å²) >= 11 is 0. The molecule has 1 fully saturated rings. The average molecular weight is 240 g/mol. The molecular weight excluding hydrogens is 223 g/mol. The Hall–Kier alpha value is -1.04. The van der Waals surface area contributed by atoms with Crippen LogP contribution in [0.2, 0.25) is 0 Å². The number of morpholine rings is 1. The van der Waals surface area contributed by atoms with Crippen LogP contribution in [0.1, 0.15) is 12.5 Å². The maximum absolute atomic E-state index is 13.0. The Morgan fingerprint density at radius 3 is 3.12 bits per heavy atom. The minimum Gasteiger partial charge on any atom is -0.394 e. The molecule has 0 bridgehead atoms. The third-order valence-electron chi connectivity index (χ3n) is 2.99. The Morgan fingerprint density at radius 1 is 1.59 bits per heavy atom. The predicted molar refractivity (Wildman–Crippen MR) is 60.9 cm³/mol. The Kier molecular flexibility index (Phi) is 4.04. The lowest BCUT2D eigenvalue weighted by Crippen LogP contribution is -2.48. The minimum atomic E-state index is -0.317. The number of pyridine rings is 1. The largest absolute Gasteiger partial charge is 0.394 e. The molecule has 4 nitrogen and oxygen atoms in total. The third-order valence-corrected chi connectivity index (χ3v) is 2.99. The zero-order valence-corrected chi connectivity index (χ0v) is 9.84. The summed E-state index contributed by atoms with van der Waals surface area (Å²) in [5.41, 5.74) is 0.843. The van der Waals surface area contributed by atoms with Gasteiger partial charge in [-0.25, -0.2) is 4.39 Å². The molecule has 0 aliphatic carbocycles. The maximum Gasteiger partial charge on any atom is 0.141 e. The van der Waals surface area contributed by atoms with Gasteiger partial charge in [-0.05, 0) is 18.6 Å². The van der Waals surface area contributed by atoms with E-state index in [1.54, 1.807) is 6.20 Å². The highest BCUT2D eigenvalue weighted by Gasteiger charge is 2.25. The lowest BCUT2D eigenvalue weighted by Gasteiger charge is -2.37. The number of hydrogen-bond donors (Lipinski definition) is 1. The van der Waals surface area contributed by atoms with Crippen LogP contribution in [0.3, 0.4) is 0 Å². The molecule has 94 valence electrons. The van der Waals surface area contributed by atoms with Gasteiger partial charge >= 0.3 is 0 Å². The first kappa shape index (κ1) is 12.4. The third kappa shape index (κ3) is 3.21. The molecule has 1 aromatic heterocycles. The van der Waals surface area contributed by atoms with Gasteiger partial charge < -0.3 is 9.84 Å². The average Bonchev–Trinajstić information content (AvgIpc) is 2.32. The minimum absolute atomic E-state index is 0.0185. The van der Waals surface area contributed by atoms with Crippen LogP contribution in [0.5, 0.6) is 0 Å². The van der Waals surface area contributed by atoms with Crippen molar-refractivity contribution in [2.75, 3.05) is 19.8 Å². The lowest BCUT2D eigenvalue weighted by atomic mass is 10.1. The fraction of sp³-hybridized carbons (Fsp3) is 0.583. The van der Waals surface area contributed by atoms with E-state index in [0.717, 1.165) is 5.56 Å². The molecule has 5 heteroatoms. The standard InChI is InChI=1S/C12H17FN2O2/c1-9-8-17-12(7-16)6-15(9)5-10-2-11(13)4-14-3-10/h2-4,9,12,16H,5-8H2,1H3. The molecule has 0 radical (unpaired) electrons. The van der Waals surface area contributed by atoms with Crippen molar-refractivity contribution in [1.82, 2.24) is 9.88 Å². The number of aromatic nitrogens is 1. The molecule has 2 heterocycles. The van der Waals surface area contributed by atoms with Crippen molar-refractivity contribution in [1.29, 1.82) is 0 Å². The van der Waals surface area contributed by atoms with Crippen molar-refractivity contribution in [2.24, 2.45) is 0 Å². The van der Waals surface area contributed by atoms with E-state index < -0.39 is 0 Å². The molecular formula is C12H17FN2O2. The molecule has 1 saturated heterocycles. The second-order valence-electron chi connectivity index (χ2n) is 4.43. The van der Waals surface area contributed by atoms with Crippen molar-refractivity contribution in [2.45, 2.75) is 25.6 Å². The monoisotopic (exact) mass is 240 g/mol. The highest BCUT2D eigenvalue weighted by Crippen LogP contribution is 2.15. The summed E-state index contributed by atoms with van der Waals surface area (Å²) in [6.07, 6.45) is 2.72. The maximum atomic E-state index is 13.0. The van der Waals surface area contributed by atoms with E-state index in [0.29, 0.717) is 19.7 Å². The van der Waals surface area contributed by atoms with E-state index in [-0.39, 0.29) is 24.6 Å². The zero-order chi connectivity index (χ0) is 12.3. The van der Waals surface area contributed by atoms with Crippen molar-refractivity contribution < 1.29 is 14.2 Å². The second-order valence-corrected chi connectivity index (χ2v) is 4.43. The second kappa shape index (κ2) is 5.53. The van der Waals surface area contributed by atoms with E-state index in [4.69, 9.17) is 9.84 Å². The van der Waals surface area contributed by atoms with Crippen LogP contribution in [-0.4, -0.2) is 46.9 Å². The van der Waals surface area contributed by atoms with E-state index in [2.05, 4.69) is 16.8 Å². The Morgan fingerprint density at radius 2 is 2.41 bits per heavy atom. The normalized spacial score (nSPS) is 26.1. The van der Waals surface area contributed by atoms with Gasteiger partial charge in [0.2, 0.25) is 0 Å². The van der Waals surface area contributed by atoms with Gasteiger partial charge in [0.05, 0.1) is 25.5 Å². The van der Waals surface area contributed by atoms with Gasteiger partial charge in [-0.2, -0.15) is 0 Å². The van der Waals surface area contributed by atoms with Gasteiger partial charge in [0.25, 0.3) is 0 Å². The number of rotatable bonds is 3. The molecule has 1 aromatic rings. The van der Waals surface area contributed by atoms with Crippen LogP contribution in [-0.2, 0) is 11.3 Å². The molecule has 2 rings (SSSR count). The SMILES string of the molecule is CC1COC(CO)CN1Cc1cncc(F)c1. The number of aliphatic hydroxyl groups is 1. The quantitative estimate of drug-likeness (QED) is 0.849. The van der Waals surface area contributed by atoms with Gasteiger partial charge in [-0.3, -0.25) is 9.88 Å². The molecule has 2 atom stereocenters. The predicted octanol–water partition coefficient (Wildman–Crippen LogP) is 0.802. The highest BCUT2D eigenvalue weighted by atomic mass is 19.1. The fourth-order valence-electron chi connectivity index (χ4n) is 1.98. The van der Waals surface area contributed by atoms with E-state index >= 15 is 0 Å². The zero-order valence-electron chi connectivity index (χ0n) is 9.84. The number of ether oxygens (including phenoxy) is 1. The Labute approximate surface area is 100 Å². The van der Waals surface area contributed by atoms with Crippen molar-refractivity contribution in [3.63, 3.8) is 0 Å². The first-order chi connectivity index (χ1) is 8.19. The molecule has 0 saturated carbocycles. The lowest BCUT2D eigenvalue weighted by molar-refractivity contribution is -0.0805. The van der Waals surface area contributed by atoms with Crippen LogP contribution in [0.25, 0.3) is 0 Å². The van der Waals surface area contributed by atoms with E-state index in [1.165, 1.54) is 12.3 Å². The van der Waals surface area contributed by atoms with Crippen LogP contribution in [0.4, 0.5) is 4.39 Å². The summed E-state index contributed by atoms with van der Waals surface area (Å²) < 4.78 is 18.5.